The van der Waals surface area contributed by atoms with Crippen LogP contribution >= 0.6 is 0 Å². The van der Waals surface area contributed by atoms with Gasteiger partial charge in [-0.05, 0) is 6.07 Å². The number of hydrogen-bond acceptors (Lipinski definition) is 4. The lowest BCUT2D eigenvalue weighted by Gasteiger charge is -2.09. The highest BCUT2D eigenvalue weighted by molar-refractivity contribution is 6.14. The van der Waals surface area contributed by atoms with Gasteiger partial charge in [-0.2, -0.15) is 0 Å². The smallest absolute Gasteiger partial charge is 0.270 e. The lowest BCUT2D eigenvalue weighted by Crippen LogP contribution is -2.04. The number of benzene rings is 2. The van der Waals surface area contributed by atoms with Gasteiger partial charge in [0.1, 0.15) is 12.4 Å². The van der Waals surface area contributed by atoms with Crippen LogP contribution in [0.5, 0.6) is 5.75 Å². The third-order valence-corrected chi connectivity index (χ3v) is 3.10. The zero-order chi connectivity index (χ0) is 13.9. The van der Waals surface area contributed by atoms with Gasteiger partial charge in [0.15, 0.2) is 0 Å². The Labute approximate surface area is 115 Å². The lowest BCUT2D eigenvalue weighted by molar-refractivity contribution is -0.384. The first-order valence-corrected chi connectivity index (χ1v) is 6.27. The summed E-state index contributed by atoms with van der Waals surface area (Å²) in [6, 6.07) is 14.2. The molecule has 0 saturated heterocycles. The van der Waals surface area contributed by atoms with Crippen molar-refractivity contribution in [2.75, 3.05) is 13.2 Å². The molecule has 0 radical (unpaired) electrons. The van der Waals surface area contributed by atoms with E-state index >= 15 is 0 Å². The SMILES string of the molecule is O=[N+]([O-])c1ccc2c(c1)C(c1ccccc1)=NCCO2. The first kappa shape index (κ1) is 12.3. The van der Waals surface area contributed by atoms with Crippen molar-refractivity contribution in [3.05, 3.63) is 69.8 Å². The predicted molar refractivity (Wildman–Crippen MR) is 75.5 cm³/mol. The van der Waals surface area contributed by atoms with Gasteiger partial charge < -0.3 is 4.74 Å². The van der Waals surface area contributed by atoms with Crippen LogP contribution in [0.3, 0.4) is 0 Å². The largest absolute Gasteiger partial charge is 0.491 e. The number of fused-ring (bicyclic) bond motifs is 1. The van der Waals surface area contributed by atoms with Crippen molar-refractivity contribution in [1.29, 1.82) is 0 Å². The number of aliphatic imine (C=N–C) groups is 1. The van der Waals surface area contributed by atoms with E-state index in [-0.39, 0.29) is 5.69 Å². The van der Waals surface area contributed by atoms with E-state index in [4.69, 9.17) is 4.74 Å². The van der Waals surface area contributed by atoms with Crippen molar-refractivity contribution in [3.63, 3.8) is 0 Å². The van der Waals surface area contributed by atoms with Gasteiger partial charge in [-0.1, -0.05) is 30.3 Å². The number of nitrogens with zero attached hydrogens (tertiary/aromatic N) is 2. The molecule has 0 N–H and O–H groups in total. The maximum absolute atomic E-state index is 10.9. The molecular weight excluding hydrogens is 256 g/mol. The average Bonchev–Trinajstić information content (AvgIpc) is 2.69. The summed E-state index contributed by atoms with van der Waals surface area (Å²) in [7, 11) is 0. The van der Waals surface area contributed by atoms with Gasteiger partial charge in [0.2, 0.25) is 0 Å². The molecule has 1 aliphatic rings. The fourth-order valence-corrected chi connectivity index (χ4v) is 2.18. The van der Waals surface area contributed by atoms with Crippen molar-refractivity contribution in [1.82, 2.24) is 0 Å². The molecule has 0 fully saturated rings. The van der Waals surface area contributed by atoms with E-state index in [1.165, 1.54) is 12.1 Å². The Morgan fingerprint density at radius 2 is 1.95 bits per heavy atom. The maximum atomic E-state index is 10.9. The topological polar surface area (TPSA) is 64.7 Å². The molecular formula is C15H12N2O3. The third-order valence-electron chi connectivity index (χ3n) is 3.10. The van der Waals surface area contributed by atoms with Crippen LogP contribution in [-0.2, 0) is 0 Å². The van der Waals surface area contributed by atoms with Crippen molar-refractivity contribution in [2.45, 2.75) is 0 Å². The Morgan fingerprint density at radius 1 is 1.15 bits per heavy atom. The van der Waals surface area contributed by atoms with E-state index in [2.05, 4.69) is 4.99 Å². The van der Waals surface area contributed by atoms with Crippen LogP contribution < -0.4 is 4.74 Å². The Bertz CT molecular complexity index is 681. The van der Waals surface area contributed by atoms with E-state index in [0.29, 0.717) is 24.5 Å². The van der Waals surface area contributed by atoms with Crippen LogP contribution in [0.2, 0.25) is 0 Å². The Morgan fingerprint density at radius 3 is 2.70 bits per heavy atom. The molecule has 0 bridgehead atoms. The van der Waals surface area contributed by atoms with Crippen molar-refractivity contribution >= 4 is 11.4 Å². The van der Waals surface area contributed by atoms with Gasteiger partial charge in [-0.3, -0.25) is 15.1 Å². The van der Waals surface area contributed by atoms with Crippen LogP contribution in [0.25, 0.3) is 0 Å². The quantitative estimate of drug-likeness (QED) is 0.621. The van der Waals surface area contributed by atoms with Gasteiger partial charge in [0.05, 0.1) is 17.2 Å². The molecule has 0 unspecified atom stereocenters. The fraction of sp³-hybridized carbons (Fsp3) is 0.133. The number of rotatable bonds is 2. The van der Waals surface area contributed by atoms with E-state index in [1.807, 2.05) is 30.3 Å². The van der Waals surface area contributed by atoms with Gasteiger partial charge in [-0.15, -0.1) is 0 Å². The predicted octanol–water partition coefficient (Wildman–Crippen LogP) is 2.82. The molecule has 0 spiro atoms. The molecule has 100 valence electrons. The van der Waals surface area contributed by atoms with Crippen LogP contribution in [0.4, 0.5) is 5.69 Å². The number of nitro benzene ring substituents is 1. The summed E-state index contributed by atoms with van der Waals surface area (Å²) in [6.07, 6.45) is 0. The Kier molecular flexibility index (Phi) is 3.16. The molecule has 5 nitrogen and oxygen atoms in total. The second kappa shape index (κ2) is 5.13. The standard InChI is InChI=1S/C15H12N2O3/c18-17(19)12-6-7-14-13(10-12)15(16-8-9-20-14)11-4-2-1-3-5-11/h1-7,10H,8-9H2. The number of non-ortho nitro benzene ring substituents is 1. The minimum absolute atomic E-state index is 0.0397. The Balaban J connectivity index is 2.16. The summed E-state index contributed by atoms with van der Waals surface area (Å²) < 4.78 is 5.60. The van der Waals surface area contributed by atoms with E-state index in [0.717, 1.165) is 11.3 Å². The first-order chi connectivity index (χ1) is 9.75. The summed E-state index contributed by atoms with van der Waals surface area (Å²) in [4.78, 5) is 15.0. The van der Waals surface area contributed by atoms with Gasteiger partial charge in [0, 0.05) is 23.3 Å². The van der Waals surface area contributed by atoms with Gasteiger partial charge in [0.25, 0.3) is 5.69 Å². The second-order valence-corrected chi connectivity index (χ2v) is 4.38. The molecule has 20 heavy (non-hydrogen) atoms. The highest BCUT2D eigenvalue weighted by Crippen LogP contribution is 2.28. The lowest BCUT2D eigenvalue weighted by atomic mass is 10.0. The zero-order valence-electron chi connectivity index (χ0n) is 10.7. The third kappa shape index (κ3) is 2.25. The average molecular weight is 268 g/mol. The molecule has 2 aromatic rings. The molecule has 0 amide bonds. The molecule has 2 aromatic carbocycles. The number of hydrogen-bond donors (Lipinski definition) is 0. The Hall–Kier alpha value is -2.69. The molecule has 1 aliphatic heterocycles. The summed E-state index contributed by atoms with van der Waals surface area (Å²) in [5, 5.41) is 10.9. The minimum Gasteiger partial charge on any atom is -0.491 e. The van der Waals surface area contributed by atoms with E-state index in [9.17, 15) is 10.1 Å². The zero-order valence-corrected chi connectivity index (χ0v) is 10.7. The molecule has 0 aromatic heterocycles. The highest BCUT2D eigenvalue weighted by Gasteiger charge is 2.19. The molecule has 3 rings (SSSR count). The number of nitro groups is 1. The highest BCUT2D eigenvalue weighted by atomic mass is 16.6. The van der Waals surface area contributed by atoms with Crippen molar-refractivity contribution < 1.29 is 9.66 Å². The number of ether oxygens (including phenoxy) is 1. The first-order valence-electron chi connectivity index (χ1n) is 6.27. The minimum atomic E-state index is -0.409. The molecule has 0 atom stereocenters. The van der Waals surface area contributed by atoms with Crippen LogP contribution in [-0.4, -0.2) is 23.8 Å². The van der Waals surface area contributed by atoms with Gasteiger partial charge in [-0.25, -0.2) is 0 Å². The second-order valence-electron chi connectivity index (χ2n) is 4.38. The molecule has 1 heterocycles. The van der Waals surface area contributed by atoms with E-state index < -0.39 is 4.92 Å². The van der Waals surface area contributed by atoms with Gasteiger partial charge >= 0.3 is 0 Å². The summed E-state index contributed by atoms with van der Waals surface area (Å²) >= 11 is 0. The molecule has 0 saturated carbocycles. The van der Waals surface area contributed by atoms with Crippen LogP contribution in [0, 0.1) is 10.1 Å². The monoisotopic (exact) mass is 268 g/mol. The molecule has 0 aliphatic carbocycles. The van der Waals surface area contributed by atoms with E-state index in [1.54, 1.807) is 6.07 Å². The van der Waals surface area contributed by atoms with Crippen molar-refractivity contribution in [3.8, 4) is 5.75 Å². The maximum Gasteiger partial charge on any atom is 0.270 e. The summed E-state index contributed by atoms with van der Waals surface area (Å²) in [5.41, 5.74) is 2.38. The summed E-state index contributed by atoms with van der Waals surface area (Å²) in [6.45, 7) is 1.01. The van der Waals surface area contributed by atoms with Crippen LogP contribution in [0.1, 0.15) is 11.1 Å². The fourth-order valence-electron chi connectivity index (χ4n) is 2.18. The molecule has 5 heteroatoms. The normalized spacial score (nSPS) is 13.7. The van der Waals surface area contributed by atoms with Crippen LogP contribution in [0.15, 0.2) is 53.5 Å². The summed E-state index contributed by atoms with van der Waals surface area (Å²) in [5.74, 6) is 0.635. The van der Waals surface area contributed by atoms with Crippen molar-refractivity contribution in [2.24, 2.45) is 4.99 Å².